The fourth-order valence-electron chi connectivity index (χ4n) is 1.58. The Kier molecular flexibility index (Phi) is 4.47. The lowest BCUT2D eigenvalue weighted by molar-refractivity contribution is 0.414. The molecule has 14 heavy (non-hydrogen) atoms. The summed E-state index contributed by atoms with van der Waals surface area (Å²) in [6.07, 6.45) is 3.16. The maximum atomic E-state index is 5.97. The van der Waals surface area contributed by atoms with Crippen LogP contribution in [0.25, 0.3) is 0 Å². The second kappa shape index (κ2) is 5.66. The number of ether oxygens (including phenoxy) is 1. The van der Waals surface area contributed by atoms with E-state index in [4.69, 9.17) is 10.5 Å². The van der Waals surface area contributed by atoms with Gasteiger partial charge in [0.2, 0.25) is 0 Å². The van der Waals surface area contributed by atoms with Crippen LogP contribution in [-0.4, -0.2) is 13.2 Å². The van der Waals surface area contributed by atoms with E-state index in [1.165, 1.54) is 5.56 Å². The molecule has 0 heterocycles. The van der Waals surface area contributed by atoms with E-state index >= 15 is 0 Å². The molecule has 2 N–H and O–H groups in total. The maximum Gasteiger partial charge on any atom is 0.119 e. The van der Waals surface area contributed by atoms with Crippen LogP contribution in [0.15, 0.2) is 24.3 Å². The molecule has 1 atom stereocenters. The minimum atomic E-state index is 0.270. The Morgan fingerprint density at radius 2 is 2.21 bits per heavy atom. The van der Waals surface area contributed by atoms with Crippen molar-refractivity contribution in [2.24, 2.45) is 5.73 Å². The predicted octanol–water partition coefficient (Wildman–Crippen LogP) is 2.37. The maximum absolute atomic E-state index is 5.97. The SMILES string of the molecule is CCC[C@@H](N)Cc1cccc(OC)c1. The Bertz CT molecular complexity index is 273. The zero-order valence-corrected chi connectivity index (χ0v) is 8.99. The van der Waals surface area contributed by atoms with Gasteiger partial charge in [-0.2, -0.15) is 0 Å². The van der Waals surface area contributed by atoms with Gasteiger partial charge in [-0.1, -0.05) is 25.5 Å². The molecule has 1 aromatic rings. The second-order valence-electron chi connectivity index (χ2n) is 3.60. The third-order valence-electron chi connectivity index (χ3n) is 2.29. The van der Waals surface area contributed by atoms with Gasteiger partial charge in [-0.3, -0.25) is 0 Å². The highest BCUT2D eigenvalue weighted by Crippen LogP contribution is 2.14. The summed E-state index contributed by atoms with van der Waals surface area (Å²) >= 11 is 0. The number of benzene rings is 1. The Labute approximate surface area is 86.1 Å². The van der Waals surface area contributed by atoms with E-state index in [9.17, 15) is 0 Å². The zero-order chi connectivity index (χ0) is 10.4. The summed E-state index contributed by atoms with van der Waals surface area (Å²) in [5, 5.41) is 0. The third-order valence-corrected chi connectivity index (χ3v) is 2.29. The molecule has 0 amide bonds. The predicted molar refractivity (Wildman–Crippen MR) is 59.6 cm³/mol. The average Bonchev–Trinajstić information content (AvgIpc) is 2.18. The highest BCUT2D eigenvalue weighted by atomic mass is 16.5. The molecule has 1 rings (SSSR count). The molecule has 0 aliphatic carbocycles. The van der Waals surface area contributed by atoms with Gasteiger partial charge in [0, 0.05) is 6.04 Å². The lowest BCUT2D eigenvalue weighted by Gasteiger charge is -2.10. The molecular formula is C12H19NO. The first-order valence-corrected chi connectivity index (χ1v) is 5.14. The molecule has 0 aliphatic heterocycles. The standard InChI is InChI=1S/C12H19NO/c1-3-5-11(13)8-10-6-4-7-12(9-10)14-2/h4,6-7,9,11H,3,5,8,13H2,1-2H3/t11-/m1/s1. The first kappa shape index (κ1) is 11.1. The second-order valence-corrected chi connectivity index (χ2v) is 3.60. The van der Waals surface area contributed by atoms with Gasteiger partial charge >= 0.3 is 0 Å². The van der Waals surface area contributed by atoms with Crippen LogP contribution < -0.4 is 10.5 Å². The van der Waals surface area contributed by atoms with Crippen LogP contribution >= 0.6 is 0 Å². The van der Waals surface area contributed by atoms with E-state index in [1.807, 2.05) is 12.1 Å². The summed E-state index contributed by atoms with van der Waals surface area (Å²) in [6.45, 7) is 2.16. The zero-order valence-electron chi connectivity index (χ0n) is 8.99. The Morgan fingerprint density at radius 1 is 1.43 bits per heavy atom. The molecule has 0 bridgehead atoms. The molecule has 0 radical (unpaired) electrons. The minimum Gasteiger partial charge on any atom is -0.497 e. The summed E-state index contributed by atoms with van der Waals surface area (Å²) in [5.41, 5.74) is 7.22. The van der Waals surface area contributed by atoms with Gasteiger partial charge in [-0.05, 0) is 30.5 Å². The molecule has 0 fully saturated rings. The number of hydrogen-bond acceptors (Lipinski definition) is 2. The van der Waals surface area contributed by atoms with Gasteiger partial charge in [0.1, 0.15) is 5.75 Å². The normalized spacial score (nSPS) is 12.5. The van der Waals surface area contributed by atoms with E-state index in [0.29, 0.717) is 0 Å². The van der Waals surface area contributed by atoms with Gasteiger partial charge in [0.05, 0.1) is 7.11 Å². The van der Waals surface area contributed by atoms with Crippen LogP contribution in [0.4, 0.5) is 0 Å². The summed E-state index contributed by atoms with van der Waals surface area (Å²) < 4.78 is 5.16. The molecular weight excluding hydrogens is 174 g/mol. The number of methoxy groups -OCH3 is 1. The molecule has 0 unspecified atom stereocenters. The summed E-state index contributed by atoms with van der Waals surface area (Å²) in [5.74, 6) is 0.909. The molecule has 0 saturated heterocycles. The van der Waals surface area contributed by atoms with E-state index in [1.54, 1.807) is 7.11 Å². The van der Waals surface area contributed by atoms with Gasteiger partial charge in [-0.15, -0.1) is 0 Å². The lowest BCUT2D eigenvalue weighted by atomic mass is 10.0. The first-order chi connectivity index (χ1) is 6.76. The first-order valence-electron chi connectivity index (χ1n) is 5.14. The summed E-state index contributed by atoms with van der Waals surface area (Å²) in [4.78, 5) is 0. The van der Waals surface area contributed by atoms with Crippen molar-refractivity contribution in [1.82, 2.24) is 0 Å². The number of nitrogens with two attached hydrogens (primary N) is 1. The van der Waals surface area contributed by atoms with E-state index in [0.717, 1.165) is 25.0 Å². The summed E-state index contributed by atoms with van der Waals surface area (Å²) in [7, 11) is 1.69. The molecule has 2 nitrogen and oxygen atoms in total. The van der Waals surface area contributed by atoms with E-state index < -0.39 is 0 Å². The molecule has 0 aromatic heterocycles. The van der Waals surface area contributed by atoms with Crippen molar-refractivity contribution < 1.29 is 4.74 Å². The smallest absolute Gasteiger partial charge is 0.119 e. The van der Waals surface area contributed by atoms with Crippen LogP contribution in [-0.2, 0) is 6.42 Å². The van der Waals surface area contributed by atoms with Gasteiger partial charge < -0.3 is 10.5 Å². The van der Waals surface area contributed by atoms with Crippen molar-refractivity contribution in [1.29, 1.82) is 0 Å². The molecule has 2 heteroatoms. The molecule has 0 saturated carbocycles. The average molecular weight is 193 g/mol. The van der Waals surface area contributed by atoms with Crippen molar-refractivity contribution in [3.05, 3.63) is 29.8 Å². The fraction of sp³-hybridized carbons (Fsp3) is 0.500. The van der Waals surface area contributed by atoms with Crippen LogP contribution in [0.1, 0.15) is 25.3 Å². The van der Waals surface area contributed by atoms with Crippen LogP contribution in [0.3, 0.4) is 0 Å². The van der Waals surface area contributed by atoms with Crippen LogP contribution in [0.5, 0.6) is 5.75 Å². The van der Waals surface area contributed by atoms with Crippen molar-refractivity contribution in [3.8, 4) is 5.75 Å². The van der Waals surface area contributed by atoms with E-state index in [-0.39, 0.29) is 6.04 Å². The Morgan fingerprint density at radius 3 is 2.86 bits per heavy atom. The van der Waals surface area contributed by atoms with Crippen LogP contribution in [0, 0.1) is 0 Å². The molecule has 0 aliphatic rings. The highest BCUT2D eigenvalue weighted by molar-refractivity contribution is 5.28. The lowest BCUT2D eigenvalue weighted by Crippen LogP contribution is -2.22. The molecule has 78 valence electrons. The van der Waals surface area contributed by atoms with Gasteiger partial charge in [-0.25, -0.2) is 0 Å². The number of hydrogen-bond donors (Lipinski definition) is 1. The quantitative estimate of drug-likeness (QED) is 0.779. The van der Waals surface area contributed by atoms with Gasteiger partial charge in [0.25, 0.3) is 0 Å². The van der Waals surface area contributed by atoms with Crippen LogP contribution in [0.2, 0.25) is 0 Å². The molecule has 1 aromatic carbocycles. The topological polar surface area (TPSA) is 35.2 Å². The number of rotatable bonds is 5. The highest BCUT2D eigenvalue weighted by Gasteiger charge is 2.03. The largest absolute Gasteiger partial charge is 0.497 e. The third kappa shape index (κ3) is 3.38. The molecule has 0 spiro atoms. The van der Waals surface area contributed by atoms with Crippen molar-refractivity contribution >= 4 is 0 Å². The van der Waals surface area contributed by atoms with Crippen molar-refractivity contribution in [2.75, 3.05) is 7.11 Å². The fourth-order valence-corrected chi connectivity index (χ4v) is 1.58. The van der Waals surface area contributed by atoms with E-state index in [2.05, 4.69) is 19.1 Å². The monoisotopic (exact) mass is 193 g/mol. The summed E-state index contributed by atoms with van der Waals surface area (Å²) in [6, 6.07) is 8.38. The van der Waals surface area contributed by atoms with Crippen molar-refractivity contribution in [3.63, 3.8) is 0 Å². The minimum absolute atomic E-state index is 0.270. The van der Waals surface area contributed by atoms with Gasteiger partial charge in [0.15, 0.2) is 0 Å². The Balaban J connectivity index is 2.57. The Hall–Kier alpha value is -1.02. The van der Waals surface area contributed by atoms with Crippen molar-refractivity contribution in [2.45, 2.75) is 32.2 Å².